The Labute approximate surface area is 143 Å². The van der Waals surface area contributed by atoms with Crippen LogP contribution in [-0.4, -0.2) is 50.7 Å². The van der Waals surface area contributed by atoms with E-state index in [2.05, 4.69) is 18.6 Å². The minimum Gasteiger partial charge on any atom is -0.493 e. The second kappa shape index (κ2) is 10.5. The van der Waals surface area contributed by atoms with Gasteiger partial charge in [-0.2, -0.15) is 0 Å². The number of esters is 1. The fourth-order valence-corrected chi connectivity index (χ4v) is 2.07. The van der Waals surface area contributed by atoms with Crippen LogP contribution in [-0.2, 0) is 14.3 Å². The van der Waals surface area contributed by atoms with Crippen molar-refractivity contribution >= 4 is 11.9 Å². The van der Waals surface area contributed by atoms with Gasteiger partial charge in [-0.1, -0.05) is 26.0 Å². The Bertz CT molecular complexity index is 530. The Kier molecular flexibility index (Phi) is 8.68. The van der Waals surface area contributed by atoms with Crippen LogP contribution in [0.2, 0.25) is 0 Å². The van der Waals surface area contributed by atoms with Crippen LogP contribution in [0.25, 0.3) is 0 Å². The predicted molar refractivity (Wildman–Crippen MR) is 91.2 cm³/mol. The second-order valence-electron chi connectivity index (χ2n) is 5.83. The Morgan fingerprint density at radius 1 is 1.08 bits per heavy atom. The van der Waals surface area contributed by atoms with Crippen molar-refractivity contribution in [3.63, 3.8) is 0 Å². The summed E-state index contributed by atoms with van der Waals surface area (Å²) in [6, 6.07) is 7.17. The SMILES string of the molecule is COC(=O)CCN(CCC(C)C)C(=O)COc1ccccc1OC. The summed E-state index contributed by atoms with van der Waals surface area (Å²) in [6.07, 6.45) is 1.04. The average molecular weight is 337 g/mol. The summed E-state index contributed by atoms with van der Waals surface area (Å²) in [7, 11) is 2.89. The molecule has 0 fully saturated rings. The van der Waals surface area contributed by atoms with Crippen molar-refractivity contribution in [2.24, 2.45) is 5.92 Å². The Morgan fingerprint density at radius 2 is 1.75 bits per heavy atom. The minimum atomic E-state index is -0.331. The summed E-state index contributed by atoms with van der Waals surface area (Å²) in [4.78, 5) is 25.4. The number of hydrogen-bond donors (Lipinski definition) is 0. The van der Waals surface area contributed by atoms with E-state index in [4.69, 9.17) is 9.47 Å². The molecule has 0 saturated heterocycles. The molecule has 0 spiro atoms. The van der Waals surface area contributed by atoms with Gasteiger partial charge in [0.2, 0.25) is 0 Å². The lowest BCUT2D eigenvalue weighted by molar-refractivity contribution is -0.142. The number of nitrogens with zero attached hydrogens (tertiary/aromatic N) is 1. The van der Waals surface area contributed by atoms with Gasteiger partial charge in [-0.3, -0.25) is 9.59 Å². The molecule has 0 heterocycles. The van der Waals surface area contributed by atoms with Crippen LogP contribution >= 0.6 is 0 Å². The molecule has 6 heteroatoms. The number of ether oxygens (including phenoxy) is 3. The monoisotopic (exact) mass is 337 g/mol. The average Bonchev–Trinajstić information content (AvgIpc) is 2.59. The van der Waals surface area contributed by atoms with Gasteiger partial charge < -0.3 is 19.1 Å². The van der Waals surface area contributed by atoms with E-state index in [0.717, 1.165) is 6.42 Å². The van der Waals surface area contributed by atoms with Crippen molar-refractivity contribution in [3.05, 3.63) is 24.3 Å². The van der Waals surface area contributed by atoms with Gasteiger partial charge >= 0.3 is 5.97 Å². The highest BCUT2D eigenvalue weighted by atomic mass is 16.5. The third-order valence-corrected chi connectivity index (χ3v) is 3.56. The van der Waals surface area contributed by atoms with Crippen molar-refractivity contribution in [2.75, 3.05) is 33.9 Å². The standard InChI is InChI=1S/C18H27NO5/c1-14(2)9-11-19(12-10-18(21)23-4)17(20)13-24-16-8-6-5-7-15(16)22-3/h5-8,14H,9-13H2,1-4H3. The van der Waals surface area contributed by atoms with E-state index in [1.165, 1.54) is 7.11 Å². The molecule has 24 heavy (non-hydrogen) atoms. The van der Waals surface area contributed by atoms with Gasteiger partial charge in [0.05, 0.1) is 20.6 Å². The predicted octanol–water partition coefficient (Wildman–Crippen LogP) is 2.51. The van der Waals surface area contributed by atoms with Crippen molar-refractivity contribution in [2.45, 2.75) is 26.7 Å². The van der Waals surface area contributed by atoms with E-state index in [-0.39, 0.29) is 24.9 Å². The third kappa shape index (κ3) is 6.89. The van der Waals surface area contributed by atoms with Gasteiger partial charge in [0.15, 0.2) is 18.1 Å². The molecule has 0 radical (unpaired) electrons. The summed E-state index contributed by atoms with van der Waals surface area (Å²) in [5.74, 6) is 1.07. The van der Waals surface area contributed by atoms with Crippen molar-refractivity contribution in [1.82, 2.24) is 4.90 Å². The van der Waals surface area contributed by atoms with Crippen LogP contribution in [0.3, 0.4) is 0 Å². The first-order chi connectivity index (χ1) is 11.5. The summed E-state index contributed by atoms with van der Waals surface area (Å²) < 4.78 is 15.4. The largest absolute Gasteiger partial charge is 0.493 e. The fraction of sp³-hybridized carbons (Fsp3) is 0.556. The van der Waals surface area contributed by atoms with Crippen molar-refractivity contribution in [3.8, 4) is 11.5 Å². The van der Waals surface area contributed by atoms with Crippen molar-refractivity contribution < 1.29 is 23.8 Å². The van der Waals surface area contributed by atoms with Gasteiger partial charge in [-0.15, -0.1) is 0 Å². The van der Waals surface area contributed by atoms with Gasteiger partial charge in [0, 0.05) is 13.1 Å². The Hall–Kier alpha value is -2.24. The zero-order valence-corrected chi connectivity index (χ0v) is 14.9. The number of rotatable bonds is 10. The summed E-state index contributed by atoms with van der Waals surface area (Å²) in [6.45, 7) is 5.00. The number of benzene rings is 1. The van der Waals surface area contributed by atoms with Gasteiger partial charge in [0.25, 0.3) is 5.91 Å². The lowest BCUT2D eigenvalue weighted by Crippen LogP contribution is -2.37. The molecule has 0 atom stereocenters. The number of para-hydroxylation sites is 2. The quantitative estimate of drug-likeness (QED) is 0.614. The maximum atomic E-state index is 12.4. The molecule has 0 aliphatic heterocycles. The summed E-state index contributed by atoms with van der Waals surface area (Å²) >= 11 is 0. The molecule has 6 nitrogen and oxygen atoms in total. The number of hydrogen-bond acceptors (Lipinski definition) is 5. The number of methoxy groups -OCH3 is 2. The van der Waals surface area contributed by atoms with E-state index in [1.807, 2.05) is 12.1 Å². The highest BCUT2D eigenvalue weighted by Gasteiger charge is 2.17. The highest BCUT2D eigenvalue weighted by molar-refractivity contribution is 5.78. The third-order valence-electron chi connectivity index (χ3n) is 3.56. The van der Waals surface area contributed by atoms with Crippen LogP contribution in [0.5, 0.6) is 11.5 Å². The zero-order valence-electron chi connectivity index (χ0n) is 14.9. The maximum absolute atomic E-state index is 12.4. The van der Waals surface area contributed by atoms with Gasteiger partial charge in [0.1, 0.15) is 0 Å². The van der Waals surface area contributed by atoms with Crippen molar-refractivity contribution in [1.29, 1.82) is 0 Å². The Morgan fingerprint density at radius 3 is 2.33 bits per heavy atom. The Balaban J connectivity index is 2.63. The zero-order chi connectivity index (χ0) is 17.9. The van der Waals surface area contributed by atoms with E-state index in [9.17, 15) is 9.59 Å². The molecule has 1 aromatic rings. The molecular weight excluding hydrogens is 310 g/mol. The molecule has 0 aliphatic rings. The fourth-order valence-electron chi connectivity index (χ4n) is 2.07. The van der Waals surface area contributed by atoms with E-state index in [1.54, 1.807) is 24.1 Å². The topological polar surface area (TPSA) is 65.1 Å². The lowest BCUT2D eigenvalue weighted by atomic mass is 10.1. The van der Waals surface area contributed by atoms with E-state index in [0.29, 0.717) is 30.5 Å². The molecule has 0 N–H and O–H groups in total. The first kappa shape index (κ1) is 19.8. The first-order valence-electron chi connectivity index (χ1n) is 8.08. The molecule has 1 rings (SSSR count). The van der Waals surface area contributed by atoms with Gasteiger partial charge in [-0.05, 0) is 24.5 Å². The molecule has 0 aliphatic carbocycles. The summed E-state index contributed by atoms with van der Waals surface area (Å²) in [5, 5.41) is 0. The minimum absolute atomic E-state index is 0.0976. The molecule has 1 aromatic carbocycles. The van der Waals surface area contributed by atoms with E-state index < -0.39 is 0 Å². The number of carbonyl (C=O) groups is 2. The van der Waals surface area contributed by atoms with Gasteiger partial charge in [-0.25, -0.2) is 0 Å². The molecule has 1 amide bonds. The van der Waals surface area contributed by atoms with Crippen LogP contribution in [0.15, 0.2) is 24.3 Å². The first-order valence-corrected chi connectivity index (χ1v) is 8.08. The molecule has 0 saturated carbocycles. The van der Waals surface area contributed by atoms with Crippen LogP contribution in [0.4, 0.5) is 0 Å². The van der Waals surface area contributed by atoms with E-state index >= 15 is 0 Å². The summed E-state index contributed by atoms with van der Waals surface area (Å²) in [5.41, 5.74) is 0. The lowest BCUT2D eigenvalue weighted by Gasteiger charge is -2.23. The second-order valence-corrected chi connectivity index (χ2v) is 5.83. The number of amides is 1. The number of carbonyl (C=O) groups excluding carboxylic acids is 2. The smallest absolute Gasteiger partial charge is 0.307 e. The molecule has 0 aromatic heterocycles. The molecule has 134 valence electrons. The normalized spacial score (nSPS) is 10.4. The highest BCUT2D eigenvalue weighted by Crippen LogP contribution is 2.25. The van der Waals surface area contributed by atoms with Crippen LogP contribution in [0, 0.1) is 5.92 Å². The molecule has 0 unspecified atom stereocenters. The maximum Gasteiger partial charge on any atom is 0.307 e. The van der Waals surface area contributed by atoms with Crippen LogP contribution < -0.4 is 9.47 Å². The molecule has 0 bridgehead atoms. The van der Waals surface area contributed by atoms with Crippen LogP contribution in [0.1, 0.15) is 26.7 Å². The molecular formula is C18H27NO5.